The number of nitrogens with two attached hydrogens (primary N) is 1. The van der Waals surface area contributed by atoms with Gasteiger partial charge in [-0.05, 0) is 12.5 Å². The SMILES string of the molecule is C=C(N)c1c(-c2nccn2C)cc(-c2nccs2)nc1SCS(=O)CCCC. The third-order valence-electron chi connectivity index (χ3n) is 4.07. The maximum atomic E-state index is 12.3. The number of aromatic nitrogens is 4. The van der Waals surface area contributed by atoms with Crippen LogP contribution in [0, 0.1) is 0 Å². The number of aryl methyl sites for hydroxylation is 1. The Kier molecular flexibility index (Phi) is 7.03. The van der Waals surface area contributed by atoms with Crippen molar-refractivity contribution in [1.82, 2.24) is 19.5 Å². The first kappa shape index (κ1) is 20.8. The molecule has 0 amide bonds. The summed E-state index contributed by atoms with van der Waals surface area (Å²) in [6.45, 7) is 6.05. The van der Waals surface area contributed by atoms with Crippen molar-refractivity contribution in [2.24, 2.45) is 12.8 Å². The first-order valence-corrected chi connectivity index (χ1v) is 12.2. The quantitative estimate of drug-likeness (QED) is 0.511. The Balaban J connectivity index is 2.08. The lowest BCUT2D eigenvalue weighted by molar-refractivity contribution is 0.682. The molecule has 3 aromatic heterocycles. The zero-order valence-electron chi connectivity index (χ0n) is 15.9. The standard InChI is InChI=1S/C19H23N5OS3/c1-4-5-10-28(25)12-27-19-16(13(2)20)14(17-21-6-8-24(17)3)11-15(23-19)18-22-7-9-26-18/h6-9,11H,2,4-5,10,12,20H2,1,3H3. The Morgan fingerprint density at radius 1 is 1.39 bits per heavy atom. The number of nitrogens with zero attached hydrogens (tertiary/aromatic N) is 4. The molecule has 0 spiro atoms. The summed E-state index contributed by atoms with van der Waals surface area (Å²) >= 11 is 2.97. The molecule has 0 saturated carbocycles. The topological polar surface area (TPSA) is 86.7 Å². The molecule has 0 radical (unpaired) electrons. The number of thioether (sulfide) groups is 1. The molecule has 6 nitrogen and oxygen atoms in total. The highest BCUT2D eigenvalue weighted by Crippen LogP contribution is 2.36. The Morgan fingerprint density at radius 3 is 2.82 bits per heavy atom. The highest BCUT2D eigenvalue weighted by atomic mass is 32.2. The lowest BCUT2D eigenvalue weighted by atomic mass is 10.1. The Labute approximate surface area is 175 Å². The van der Waals surface area contributed by atoms with Crippen molar-refractivity contribution in [3.8, 4) is 22.1 Å². The predicted molar refractivity (Wildman–Crippen MR) is 119 cm³/mol. The molecule has 9 heteroatoms. The summed E-state index contributed by atoms with van der Waals surface area (Å²) in [5, 5.41) is 3.91. The van der Waals surface area contributed by atoms with E-state index in [9.17, 15) is 4.21 Å². The molecule has 0 aliphatic rings. The number of hydrogen-bond donors (Lipinski definition) is 1. The third kappa shape index (κ3) is 4.71. The molecule has 3 heterocycles. The van der Waals surface area contributed by atoms with Crippen LogP contribution in [-0.2, 0) is 17.8 Å². The van der Waals surface area contributed by atoms with Gasteiger partial charge in [0.1, 0.15) is 21.6 Å². The minimum Gasteiger partial charge on any atom is -0.399 e. The van der Waals surface area contributed by atoms with E-state index in [1.54, 1.807) is 12.4 Å². The lowest BCUT2D eigenvalue weighted by Crippen LogP contribution is -2.07. The molecule has 28 heavy (non-hydrogen) atoms. The number of hydrogen-bond acceptors (Lipinski definition) is 7. The van der Waals surface area contributed by atoms with Crippen LogP contribution in [0.2, 0.25) is 0 Å². The number of imidazole rings is 1. The molecule has 3 rings (SSSR count). The largest absolute Gasteiger partial charge is 0.399 e. The van der Waals surface area contributed by atoms with Crippen molar-refractivity contribution in [3.05, 3.63) is 42.2 Å². The molecular formula is C19H23N5OS3. The predicted octanol–water partition coefficient (Wildman–Crippen LogP) is 4.13. The van der Waals surface area contributed by atoms with Crippen LogP contribution in [0.15, 0.2) is 41.6 Å². The van der Waals surface area contributed by atoms with Crippen LogP contribution in [-0.4, -0.2) is 34.6 Å². The van der Waals surface area contributed by atoms with Crippen molar-refractivity contribution >= 4 is 39.6 Å². The van der Waals surface area contributed by atoms with Gasteiger partial charge in [-0.15, -0.1) is 11.3 Å². The molecule has 0 aliphatic heterocycles. The summed E-state index contributed by atoms with van der Waals surface area (Å²) in [6, 6.07) is 1.95. The van der Waals surface area contributed by atoms with E-state index < -0.39 is 10.8 Å². The van der Waals surface area contributed by atoms with E-state index in [1.807, 2.05) is 29.3 Å². The highest BCUT2D eigenvalue weighted by molar-refractivity contribution is 8.10. The molecule has 1 unspecified atom stereocenters. The van der Waals surface area contributed by atoms with E-state index in [1.165, 1.54) is 23.1 Å². The van der Waals surface area contributed by atoms with Gasteiger partial charge in [0.2, 0.25) is 0 Å². The highest BCUT2D eigenvalue weighted by Gasteiger charge is 2.20. The van der Waals surface area contributed by atoms with E-state index in [-0.39, 0.29) is 0 Å². The number of thiazole rings is 1. The summed E-state index contributed by atoms with van der Waals surface area (Å²) in [7, 11) is 1.02. The van der Waals surface area contributed by atoms with Crippen LogP contribution in [0.25, 0.3) is 27.8 Å². The van der Waals surface area contributed by atoms with Crippen LogP contribution < -0.4 is 5.73 Å². The summed E-state index contributed by atoms with van der Waals surface area (Å²) < 4.78 is 14.3. The van der Waals surface area contributed by atoms with Crippen molar-refractivity contribution in [3.63, 3.8) is 0 Å². The molecule has 3 aromatic rings. The fourth-order valence-electron chi connectivity index (χ4n) is 2.68. The van der Waals surface area contributed by atoms with Crippen molar-refractivity contribution in [1.29, 1.82) is 0 Å². The van der Waals surface area contributed by atoms with Crippen LogP contribution in [0.3, 0.4) is 0 Å². The maximum absolute atomic E-state index is 12.3. The monoisotopic (exact) mass is 433 g/mol. The van der Waals surface area contributed by atoms with Gasteiger partial charge in [0.15, 0.2) is 0 Å². The first-order valence-electron chi connectivity index (χ1n) is 8.86. The van der Waals surface area contributed by atoms with Crippen LogP contribution in [0.1, 0.15) is 25.3 Å². The van der Waals surface area contributed by atoms with Gasteiger partial charge in [-0.1, -0.05) is 31.7 Å². The van der Waals surface area contributed by atoms with Crippen LogP contribution in [0.5, 0.6) is 0 Å². The van der Waals surface area contributed by atoms with Gasteiger partial charge in [-0.2, -0.15) is 0 Å². The number of unbranched alkanes of at least 4 members (excludes halogenated alkanes) is 1. The third-order valence-corrected chi connectivity index (χ3v) is 7.70. The van der Waals surface area contributed by atoms with Gasteiger partial charge < -0.3 is 10.3 Å². The van der Waals surface area contributed by atoms with Gasteiger partial charge in [0.05, 0.1) is 5.08 Å². The second kappa shape index (κ2) is 9.49. The zero-order valence-corrected chi connectivity index (χ0v) is 18.4. The molecule has 0 fully saturated rings. The second-order valence-corrected chi connectivity index (χ2v) is 10.0. The summed E-state index contributed by atoms with van der Waals surface area (Å²) in [5.41, 5.74) is 8.91. The fraction of sp³-hybridized carbons (Fsp3) is 0.316. The normalized spacial score (nSPS) is 12.2. The van der Waals surface area contributed by atoms with Crippen molar-refractivity contribution in [2.45, 2.75) is 24.8 Å². The van der Waals surface area contributed by atoms with E-state index in [4.69, 9.17) is 10.7 Å². The summed E-state index contributed by atoms with van der Waals surface area (Å²) in [6.07, 6.45) is 7.37. The Hall–Kier alpha value is -1.97. The Morgan fingerprint density at radius 2 is 2.21 bits per heavy atom. The summed E-state index contributed by atoms with van der Waals surface area (Å²) in [5.74, 6) is 1.47. The fourth-order valence-corrected chi connectivity index (χ4v) is 5.88. The van der Waals surface area contributed by atoms with Gasteiger partial charge in [-0.3, -0.25) is 4.21 Å². The average molecular weight is 434 g/mol. The molecule has 1 atom stereocenters. The molecule has 0 bridgehead atoms. The van der Waals surface area contributed by atoms with Gasteiger partial charge in [0.25, 0.3) is 0 Å². The van der Waals surface area contributed by atoms with Crippen LogP contribution >= 0.6 is 23.1 Å². The number of pyridine rings is 1. The first-order chi connectivity index (χ1) is 13.5. The Bertz CT molecular complexity index is 982. The van der Waals surface area contributed by atoms with Crippen LogP contribution in [0.4, 0.5) is 0 Å². The van der Waals surface area contributed by atoms with Gasteiger partial charge in [-0.25, -0.2) is 15.0 Å². The minimum atomic E-state index is -0.914. The van der Waals surface area contributed by atoms with Crippen molar-refractivity contribution in [2.75, 3.05) is 10.8 Å². The van der Waals surface area contributed by atoms with E-state index in [2.05, 4.69) is 23.5 Å². The molecule has 2 N–H and O–H groups in total. The van der Waals surface area contributed by atoms with E-state index in [0.29, 0.717) is 21.6 Å². The molecule has 148 valence electrons. The molecule has 0 saturated heterocycles. The summed E-state index contributed by atoms with van der Waals surface area (Å²) in [4.78, 5) is 13.7. The molecule has 0 aliphatic carbocycles. The van der Waals surface area contributed by atoms with E-state index in [0.717, 1.165) is 40.5 Å². The molecule has 0 aromatic carbocycles. The second-order valence-electron chi connectivity index (χ2n) is 6.22. The smallest absolute Gasteiger partial charge is 0.141 e. The molecular weight excluding hydrogens is 410 g/mol. The van der Waals surface area contributed by atoms with E-state index >= 15 is 0 Å². The average Bonchev–Trinajstić information content (AvgIpc) is 3.35. The van der Waals surface area contributed by atoms with Gasteiger partial charge >= 0.3 is 0 Å². The van der Waals surface area contributed by atoms with Gasteiger partial charge in [0, 0.05) is 64.4 Å². The lowest BCUT2D eigenvalue weighted by Gasteiger charge is -2.15. The number of rotatable bonds is 9. The maximum Gasteiger partial charge on any atom is 0.141 e. The van der Waals surface area contributed by atoms with Crippen molar-refractivity contribution < 1.29 is 4.21 Å². The zero-order chi connectivity index (χ0) is 20.1. The minimum absolute atomic E-state index is 0.415.